The quantitative estimate of drug-likeness (QED) is 0.643. The highest BCUT2D eigenvalue weighted by atomic mass is 16.5. The Morgan fingerprint density at radius 3 is 2.64 bits per heavy atom. The molecule has 6 unspecified atom stereocenters. The lowest BCUT2D eigenvalue weighted by molar-refractivity contribution is -0.149. The fourth-order valence-corrected chi connectivity index (χ4v) is 5.93. The van der Waals surface area contributed by atoms with Crippen LogP contribution in [0.1, 0.15) is 46.0 Å². The highest BCUT2D eigenvalue weighted by Crippen LogP contribution is 2.53. The molecule has 1 aliphatic heterocycles. The van der Waals surface area contributed by atoms with Crippen molar-refractivity contribution in [3.63, 3.8) is 0 Å². The minimum absolute atomic E-state index is 0.162. The third-order valence-electron chi connectivity index (χ3n) is 7.08. The Morgan fingerprint density at radius 2 is 1.82 bits per heavy atom. The maximum absolute atomic E-state index is 12.7. The molecule has 0 aromatic heterocycles. The maximum Gasteiger partial charge on any atom is 0.254 e. The van der Waals surface area contributed by atoms with Gasteiger partial charge in [0.15, 0.2) is 0 Å². The molecule has 3 fully saturated rings. The highest BCUT2D eigenvalue weighted by Gasteiger charge is 2.51. The van der Waals surface area contributed by atoms with Crippen LogP contribution < -0.4 is 0 Å². The molecule has 122 valence electrons. The molecular formula is C19H29NO2. The number of nitrogens with zero attached hydrogens (tertiary/aromatic N) is 1. The molecule has 0 spiro atoms. The molecule has 0 aromatic rings. The summed E-state index contributed by atoms with van der Waals surface area (Å²) in [5.74, 6) is 4.01. The van der Waals surface area contributed by atoms with Crippen molar-refractivity contribution in [3.05, 3.63) is 12.2 Å². The molecule has 3 aliphatic carbocycles. The number of rotatable bonds is 0. The first kappa shape index (κ1) is 14.7. The van der Waals surface area contributed by atoms with E-state index in [0.29, 0.717) is 12.0 Å². The fraction of sp³-hybridized carbons (Fsp3) is 0.842. The van der Waals surface area contributed by atoms with Gasteiger partial charge in [-0.1, -0.05) is 12.2 Å². The van der Waals surface area contributed by atoms with Crippen LogP contribution in [0, 0.1) is 29.6 Å². The molecule has 22 heavy (non-hydrogen) atoms. The SMILES string of the molecule is CN1C(=O)C(C)(C)OCC2C3CCC4C=CCC4C3CCC21. The number of allylic oxidation sites excluding steroid dienone is 2. The first-order valence-corrected chi connectivity index (χ1v) is 9.07. The molecule has 3 nitrogen and oxygen atoms in total. The van der Waals surface area contributed by atoms with E-state index in [9.17, 15) is 4.79 Å². The van der Waals surface area contributed by atoms with E-state index < -0.39 is 5.60 Å². The van der Waals surface area contributed by atoms with E-state index in [1.807, 2.05) is 25.8 Å². The monoisotopic (exact) mass is 303 g/mol. The minimum atomic E-state index is -0.659. The molecule has 0 aromatic carbocycles. The van der Waals surface area contributed by atoms with Gasteiger partial charge >= 0.3 is 0 Å². The van der Waals surface area contributed by atoms with Gasteiger partial charge < -0.3 is 9.64 Å². The lowest BCUT2D eigenvalue weighted by atomic mass is 9.57. The van der Waals surface area contributed by atoms with Crippen molar-refractivity contribution in [2.75, 3.05) is 13.7 Å². The molecule has 1 heterocycles. The largest absolute Gasteiger partial charge is 0.365 e. The molecule has 1 amide bonds. The Bertz CT molecular complexity index is 498. The molecule has 0 radical (unpaired) electrons. The van der Waals surface area contributed by atoms with Gasteiger partial charge in [-0.25, -0.2) is 0 Å². The average molecular weight is 303 g/mol. The molecule has 2 saturated carbocycles. The number of fused-ring (bicyclic) bond motifs is 5. The molecule has 4 aliphatic rings. The van der Waals surface area contributed by atoms with Crippen LogP contribution in [-0.2, 0) is 9.53 Å². The van der Waals surface area contributed by atoms with E-state index in [2.05, 4.69) is 12.2 Å². The van der Waals surface area contributed by atoms with Crippen LogP contribution in [0.25, 0.3) is 0 Å². The van der Waals surface area contributed by atoms with E-state index in [-0.39, 0.29) is 5.91 Å². The van der Waals surface area contributed by atoms with Crippen LogP contribution in [0.3, 0.4) is 0 Å². The van der Waals surface area contributed by atoms with Crippen LogP contribution in [0.4, 0.5) is 0 Å². The van der Waals surface area contributed by atoms with Gasteiger partial charge in [0.25, 0.3) is 5.91 Å². The second-order valence-corrected chi connectivity index (χ2v) is 8.44. The van der Waals surface area contributed by atoms with Crippen molar-refractivity contribution < 1.29 is 9.53 Å². The van der Waals surface area contributed by atoms with Crippen molar-refractivity contribution in [2.24, 2.45) is 29.6 Å². The topological polar surface area (TPSA) is 29.5 Å². The molecule has 0 bridgehead atoms. The number of carbonyl (C=O) groups is 1. The van der Waals surface area contributed by atoms with E-state index >= 15 is 0 Å². The van der Waals surface area contributed by atoms with Crippen molar-refractivity contribution in [3.8, 4) is 0 Å². The van der Waals surface area contributed by atoms with Crippen LogP contribution in [-0.4, -0.2) is 36.1 Å². The lowest BCUT2D eigenvalue weighted by Crippen LogP contribution is -2.52. The molecule has 6 atom stereocenters. The Hall–Kier alpha value is -0.830. The highest BCUT2D eigenvalue weighted by molar-refractivity contribution is 5.84. The van der Waals surface area contributed by atoms with Gasteiger partial charge in [-0.3, -0.25) is 4.79 Å². The smallest absolute Gasteiger partial charge is 0.254 e. The Balaban J connectivity index is 1.60. The van der Waals surface area contributed by atoms with Gasteiger partial charge in [0.1, 0.15) is 5.60 Å². The molecular weight excluding hydrogens is 274 g/mol. The second-order valence-electron chi connectivity index (χ2n) is 8.44. The first-order chi connectivity index (χ1) is 10.5. The number of ether oxygens (including phenoxy) is 1. The van der Waals surface area contributed by atoms with Gasteiger partial charge in [-0.05, 0) is 69.6 Å². The molecule has 1 saturated heterocycles. The van der Waals surface area contributed by atoms with E-state index in [4.69, 9.17) is 4.74 Å². The normalized spacial score (nSPS) is 46.7. The zero-order chi connectivity index (χ0) is 15.5. The van der Waals surface area contributed by atoms with Crippen molar-refractivity contribution in [1.82, 2.24) is 4.90 Å². The standard InChI is InChI=1S/C19H29NO2/c1-19(2)18(21)20(3)17-10-9-14-13-6-4-5-12(13)7-8-15(14)16(17)11-22-19/h4-5,12-17H,6-11H2,1-3H3. The molecule has 3 heteroatoms. The summed E-state index contributed by atoms with van der Waals surface area (Å²) in [7, 11) is 2.00. The number of carbonyl (C=O) groups excluding carboxylic acids is 1. The van der Waals surface area contributed by atoms with E-state index in [1.54, 1.807) is 0 Å². The van der Waals surface area contributed by atoms with Crippen LogP contribution >= 0.6 is 0 Å². The second kappa shape index (κ2) is 5.09. The van der Waals surface area contributed by atoms with E-state index in [0.717, 1.165) is 36.7 Å². The van der Waals surface area contributed by atoms with E-state index in [1.165, 1.54) is 25.7 Å². The summed E-state index contributed by atoms with van der Waals surface area (Å²) in [6, 6.07) is 0.390. The number of amides is 1. The summed E-state index contributed by atoms with van der Waals surface area (Å²) in [4.78, 5) is 14.7. The van der Waals surface area contributed by atoms with Gasteiger partial charge in [0.2, 0.25) is 0 Å². The molecule has 4 rings (SSSR count). The zero-order valence-electron chi connectivity index (χ0n) is 14.1. The average Bonchev–Trinajstić information content (AvgIpc) is 2.96. The Labute approximate surface area is 134 Å². The molecule has 0 N–H and O–H groups in total. The predicted octanol–water partition coefficient (Wildman–Crippen LogP) is 3.25. The van der Waals surface area contributed by atoms with Crippen molar-refractivity contribution in [1.29, 1.82) is 0 Å². The zero-order valence-corrected chi connectivity index (χ0v) is 14.1. The maximum atomic E-state index is 12.7. The summed E-state index contributed by atoms with van der Waals surface area (Å²) in [5, 5.41) is 0. The van der Waals surface area contributed by atoms with Crippen LogP contribution in [0.5, 0.6) is 0 Å². The van der Waals surface area contributed by atoms with Gasteiger partial charge in [-0.2, -0.15) is 0 Å². The number of hydrogen-bond donors (Lipinski definition) is 0. The van der Waals surface area contributed by atoms with Crippen molar-refractivity contribution in [2.45, 2.75) is 57.6 Å². The summed E-state index contributed by atoms with van der Waals surface area (Å²) in [5.41, 5.74) is -0.659. The first-order valence-electron chi connectivity index (χ1n) is 9.07. The van der Waals surface area contributed by atoms with Gasteiger partial charge in [-0.15, -0.1) is 0 Å². The summed E-state index contributed by atoms with van der Waals surface area (Å²) < 4.78 is 6.10. The Kier molecular flexibility index (Phi) is 3.41. The lowest BCUT2D eigenvalue weighted by Gasteiger charge is -2.50. The third kappa shape index (κ3) is 2.08. The van der Waals surface area contributed by atoms with Crippen molar-refractivity contribution >= 4 is 5.91 Å². The van der Waals surface area contributed by atoms with Crippen LogP contribution in [0.15, 0.2) is 12.2 Å². The Morgan fingerprint density at radius 1 is 1.09 bits per heavy atom. The number of hydrogen-bond acceptors (Lipinski definition) is 2. The fourth-order valence-electron chi connectivity index (χ4n) is 5.93. The van der Waals surface area contributed by atoms with Gasteiger partial charge in [0, 0.05) is 19.0 Å². The minimum Gasteiger partial charge on any atom is -0.365 e. The summed E-state index contributed by atoms with van der Waals surface area (Å²) in [6.07, 6.45) is 11.3. The third-order valence-corrected chi connectivity index (χ3v) is 7.08. The van der Waals surface area contributed by atoms with Gasteiger partial charge in [0.05, 0.1) is 6.61 Å². The number of likely N-dealkylation sites (N-methyl/N-ethyl adjacent to an activating group) is 1. The summed E-state index contributed by atoms with van der Waals surface area (Å²) in [6.45, 7) is 4.62. The van der Waals surface area contributed by atoms with Crippen LogP contribution in [0.2, 0.25) is 0 Å². The predicted molar refractivity (Wildman–Crippen MR) is 86.3 cm³/mol. The summed E-state index contributed by atoms with van der Waals surface area (Å²) >= 11 is 0.